The van der Waals surface area contributed by atoms with Crippen molar-refractivity contribution in [2.45, 2.75) is 31.1 Å². The largest absolute Gasteiger partial charge is 0.467 e. The topological polar surface area (TPSA) is 107 Å². The minimum absolute atomic E-state index is 0.0812. The summed E-state index contributed by atoms with van der Waals surface area (Å²) in [5, 5.41) is 9.84. The van der Waals surface area contributed by atoms with Crippen LogP contribution in [0.4, 0.5) is 0 Å². The first-order chi connectivity index (χ1) is 14.8. The number of furan rings is 1. The van der Waals surface area contributed by atoms with Crippen molar-refractivity contribution < 1.29 is 14.0 Å². The molecule has 0 aliphatic heterocycles. The third kappa shape index (κ3) is 6.49. The number of hydrogen-bond acceptors (Lipinski definition) is 6. The highest BCUT2D eigenvalue weighted by Crippen LogP contribution is 2.24. The first-order valence-corrected chi connectivity index (χ1v) is 11.1. The van der Waals surface area contributed by atoms with E-state index in [1.807, 2.05) is 16.7 Å². The number of carbonyl (C=O) groups is 2. The second kappa shape index (κ2) is 10.7. The maximum Gasteiger partial charge on any atom is 0.233 e. The lowest BCUT2D eigenvalue weighted by atomic mass is 10.2. The monoisotopic (exact) mass is 481 g/mol. The number of hydrogen-bond donors (Lipinski definition) is 1. The number of aromatic nitrogens is 3. The molecule has 2 aromatic heterocycles. The number of carbonyl (C=O) groups excluding carboxylic acids is 2. The van der Waals surface area contributed by atoms with Gasteiger partial charge in [0.15, 0.2) is 5.16 Å². The summed E-state index contributed by atoms with van der Waals surface area (Å²) in [6.45, 7) is 0.795. The third-order valence-corrected chi connectivity index (χ3v) is 6.13. The van der Waals surface area contributed by atoms with Crippen molar-refractivity contribution in [1.29, 1.82) is 0 Å². The minimum atomic E-state index is -0.416. The summed E-state index contributed by atoms with van der Waals surface area (Å²) in [7, 11) is 1.72. The fourth-order valence-electron chi connectivity index (χ4n) is 2.80. The first-order valence-electron chi connectivity index (χ1n) is 9.37. The van der Waals surface area contributed by atoms with Crippen molar-refractivity contribution in [2.75, 3.05) is 12.8 Å². The quantitative estimate of drug-likeness (QED) is 0.444. The van der Waals surface area contributed by atoms with Crippen LogP contribution in [0.5, 0.6) is 0 Å². The molecule has 3 aromatic rings. The number of thioether (sulfide) groups is 1. The highest BCUT2D eigenvalue weighted by Gasteiger charge is 2.18. The number of benzene rings is 1. The van der Waals surface area contributed by atoms with E-state index in [1.54, 1.807) is 36.4 Å². The Bertz CT molecular complexity index is 1060. The summed E-state index contributed by atoms with van der Waals surface area (Å²) in [5.74, 6) is 0.992. The second-order valence-electron chi connectivity index (χ2n) is 6.82. The molecule has 8 nitrogen and oxygen atoms in total. The van der Waals surface area contributed by atoms with Crippen LogP contribution in [-0.4, -0.2) is 44.3 Å². The third-order valence-electron chi connectivity index (χ3n) is 4.44. The zero-order valence-electron chi connectivity index (χ0n) is 16.8. The molecule has 2 heterocycles. The molecule has 164 valence electrons. The second-order valence-corrected chi connectivity index (χ2v) is 8.57. The summed E-state index contributed by atoms with van der Waals surface area (Å²) in [6, 6.07) is 8.90. The van der Waals surface area contributed by atoms with Crippen LogP contribution in [0.15, 0.2) is 46.2 Å². The van der Waals surface area contributed by atoms with Crippen LogP contribution in [0.3, 0.4) is 0 Å². The standard InChI is InChI=1S/C20H21Cl2N5O3S/c1-26(10-13-4-5-15(21)16(22)9-13)19(29)12-31-20-25-24-18(7-6-17(23)28)27(20)11-14-3-2-8-30-14/h2-5,8-9H,6-7,10-12H2,1H3,(H2,23,28). The smallest absolute Gasteiger partial charge is 0.233 e. The Morgan fingerprint density at radius 3 is 2.71 bits per heavy atom. The van der Waals surface area contributed by atoms with Gasteiger partial charge < -0.3 is 15.1 Å². The molecule has 0 saturated heterocycles. The normalized spacial score (nSPS) is 10.9. The van der Waals surface area contributed by atoms with Crippen LogP contribution in [0.25, 0.3) is 0 Å². The van der Waals surface area contributed by atoms with Crippen molar-refractivity contribution >= 4 is 46.8 Å². The molecule has 0 atom stereocenters. The Morgan fingerprint density at radius 1 is 1.23 bits per heavy atom. The van der Waals surface area contributed by atoms with Gasteiger partial charge >= 0.3 is 0 Å². The number of amides is 2. The lowest BCUT2D eigenvalue weighted by molar-refractivity contribution is -0.127. The van der Waals surface area contributed by atoms with Gasteiger partial charge in [0.05, 0.1) is 28.6 Å². The summed E-state index contributed by atoms with van der Waals surface area (Å²) in [4.78, 5) is 25.4. The average Bonchev–Trinajstić information content (AvgIpc) is 3.38. The van der Waals surface area contributed by atoms with E-state index in [2.05, 4.69) is 10.2 Å². The molecule has 0 spiro atoms. The molecule has 0 fully saturated rings. The molecule has 0 unspecified atom stereocenters. The number of rotatable bonds is 10. The van der Waals surface area contributed by atoms with E-state index in [1.165, 1.54) is 11.8 Å². The molecule has 0 aliphatic rings. The molecular weight excluding hydrogens is 461 g/mol. The van der Waals surface area contributed by atoms with E-state index in [9.17, 15) is 9.59 Å². The van der Waals surface area contributed by atoms with Crippen molar-refractivity contribution in [3.05, 3.63) is 63.8 Å². The van der Waals surface area contributed by atoms with E-state index in [0.717, 1.165) is 5.56 Å². The van der Waals surface area contributed by atoms with Gasteiger partial charge in [0, 0.05) is 26.4 Å². The van der Waals surface area contributed by atoms with E-state index >= 15 is 0 Å². The predicted molar refractivity (Wildman–Crippen MR) is 119 cm³/mol. The Morgan fingerprint density at radius 2 is 2.03 bits per heavy atom. The summed E-state index contributed by atoms with van der Waals surface area (Å²) in [5.41, 5.74) is 6.14. The molecule has 1 aromatic carbocycles. The maximum atomic E-state index is 12.6. The van der Waals surface area contributed by atoms with Gasteiger partial charge in [-0.25, -0.2) is 0 Å². The zero-order chi connectivity index (χ0) is 22.4. The van der Waals surface area contributed by atoms with Gasteiger partial charge in [-0.2, -0.15) is 0 Å². The fraction of sp³-hybridized carbons (Fsp3) is 0.300. The Kier molecular flexibility index (Phi) is 8.00. The van der Waals surface area contributed by atoms with Crippen LogP contribution in [0.2, 0.25) is 10.0 Å². The number of halogens is 2. The molecular formula is C20H21Cl2N5O3S. The zero-order valence-corrected chi connectivity index (χ0v) is 19.1. The van der Waals surface area contributed by atoms with Crippen LogP contribution in [0, 0.1) is 0 Å². The molecule has 2 N–H and O–H groups in total. The van der Waals surface area contributed by atoms with Gasteiger partial charge in [0.1, 0.15) is 11.6 Å². The fourth-order valence-corrected chi connectivity index (χ4v) is 4.02. The molecule has 0 radical (unpaired) electrons. The number of aryl methyl sites for hydroxylation is 1. The lowest BCUT2D eigenvalue weighted by Gasteiger charge is -2.17. The Hall–Kier alpha value is -2.49. The number of primary amides is 1. The van der Waals surface area contributed by atoms with E-state index in [4.69, 9.17) is 33.4 Å². The van der Waals surface area contributed by atoms with Crippen LogP contribution < -0.4 is 5.73 Å². The SMILES string of the molecule is CN(Cc1ccc(Cl)c(Cl)c1)C(=O)CSc1nnc(CCC(N)=O)n1Cc1ccco1. The molecule has 0 aliphatic carbocycles. The summed E-state index contributed by atoms with van der Waals surface area (Å²) >= 11 is 13.3. The maximum absolute atomic E-state index is 12.6. The van der Waals surface area contributed by atoms with Gasteiger partial charge in [-0.05, 0) is 29.8 Å². The molecule has 3 rings (SSSR count). The summed E-state index contributed by atoms with van der Waals surface area (Å²) < 4.78 is 7.25. The van der Waals surface area contributed by atoms with E-state index in [0.29, 0.717) is 46.3 Å². The Labute approximate surface area is 193 Å². The molecule has 2 amide bonds. The van der Waals surface area contributed by atoms with E-state index in [-0.39, 0.29) is 18.1 Å². The lowest BCUT2D eigenvalue weighted by Crippen LogP contribution is -2.28. The van der Waals surface area contributed by atoms with Crippen LogP contribution in [0.1, 0.15) is 23.6 Å². The van der Waals surface area contributed by atoms with Crippen molar-refractivity contribution in [2.24, 2.45) is 5.73 Å². The van der Waals surface area contributed by atoms with Gasteiger partial charge in [-0.1, -0.05) is 41.0 Å². The van der Waals surface area contributed by atoms with Gasteiger partial charge in [-0.3, -0.25) is 14.2 Å². The molecule has 0 bridgehead atoms. The van der Waals surface area contributed by atoms with Crippen LogP contribution >= 0.6 is 35.0 Å². The van der Waals surface area contributed by atoms with Crippen LogP contribution in [-0.2, 0) is 29.1 Å². The number of nitrogens with zero attached hydrogens (tertiary/aromatic N) is 4. The average molecular weight is 482 g/mol. The molecule has 0 saturated carbocycles. The van der Waals surface area contributed by atoms with Crippen molar-refractivity contribution in [1.82, 2.24) is 19.7 Å². The highest BCUT2D eigenvalue weighted by atomic mass is 35.5. The highest BCUT2D eigenvalue weighted by molar-refractivity contribution is 7.99. The molecule has 11 heteroatoms. The molecule has 31 heavy (non-hydrogen) atoms. The van der Waals surface area contributed by atoms with Gasteiger partial charge in [0.25, 0.3) is 0 Å². The van der Waals surface area contributed by atoms with Gasteiger partial charge in [-0.15, -0.1) is 10.2 Å². The number of nitrogens with two attached hydrogens (primary N) is 1. The van der Waals surface area contributed by atoms with Crippen molar-refractivity contribution in [3.63, 3.8) is 0 Å². The van der Waals surface area contributed by atoms with E-state index < -0.39 is 5.91 Å². The predicted octanol–water partition coefficient (Wildman–Crippen LogP) is 3.39. The minimum Gasteiger partial charge on any atom is -0.467 e. The summed E-state index contributed by atoms with van der Waals surface area (Å²) in [6.07, 6.45) is 2.10. The Balaban J connectivity index is 1.65. The van der Waals surface area contributed by atoms with Gasteiger partial charge in [0.2, 0.25) is 11.8 Å². The van der Waals surface area contributed by atoms with Crippen molar-refractivity contribution in [3.8, 4) is 0 Å². The first kappa shape index (κ1) is 23.2.